The van der Waals surface area contributed by atoms with Gasteiger partial charge in [0.05, 0.1) is 6.54 Å². The van der Waals surface area contributed by atoms with Gasteiger partial charge in [-0.25, -0.2) is 0 Å². The first-order valence-corrected chi connectivity index (χ1v) is 8.88. The van der Waals surface area contributed by atoms with E-state index in [2.05, 4.69) is 42.2 Å². The molecule has 26 heavy (non-hydrogen) atoms. The van der Waals surface area contributed by atoms with Gasteiger partial charge >= 0.3 is 0 Å². The highest BCUT2D eigenvalue weighted by Crippen LogP contribution is 2.32. The molecule has 2 aromatic carbocycles. The number of nitrogens with zero attached hydrogens (tertiary/aromatic N) is 4. The van der Waals surface area contributed by atoms with Gasteiger partial charge in [-0.1, -0.05) is 31.2 Å². The lowest BCUT2D eigenvalue weighted by Gasteiger charge is -2.19. The molecule has 132 valence electrons. The maximum atomic E-state index is 12.8. The Morgan fingerprint density at radius 1 is 1.19 bits per heavy atom. The number of benzene rings is 2. The van der Waals surface area contributed by atoms with Gasteiger partial charge in [0.15, 0.2) is 0 Å². The molecule has 0 radical (unpaired) electrons. The van der Waals surface area contributed by atoms with Crippen molar-refractivity contribution in [2.75, 3.05) is 4.90 Å². The summed E-state index contributed by atoms with van der Waals surface area (Å²) in [5.74, 6) is 1.34. The maximum absolute atomic E-state index is 12.8. The number of aryl methyl sites for hydroxylation is 2. The Kier molecular flexibility index (Phi) is 4.07. The van der Waals surface area contributed by atoms with E-state index >= 15 is 0 Å². The Morgan fingerprint density at radius 3 is 2.73 bits per heavy atom. The second-order valence-corrected chi connectivity index (χ2v) is 7.05. The molecule has 0 saturated carbocycles. The standard InChI is InChI=1S/C21H22N4O/c1-14-6-4-9-18-19(14)12-25(21(18)26)17-8-5-7-16(11-17)15(2)10-20-23-22-13-24(20)3/h4-9,11,13,15H,10,12H2,1-3H3/t15-/m1/s1. The fraction of sp³-hybridized carbons (Fsp3) is 0.286. The quantitative estimate of drug-likeness (QED) is 0.725. The van der Waals surface area contributed by atoms with Crippen molar-refractivity contribution in [2.24, 2.45) is 7.05 Å². The molecule has 4 rings (SSSR count). The molecule has 0 spiro atoms. The van der Waals surface area contributed by atoms with Crippen LogP contribution in [0.1, 0.15) is 45.7 Å². The molecule has 5 heteroatoms. The van der Waals surface area contributed by atoms with Gasteiger partial charge in [-0.05, 0) is 47.7 Å². The second kappa shape index (κ2) is 6.41. The summed E-state index contributed by atoms with van der Waals surface area (Å²) in [5.41, 5.74) is 5.28. The lowest BCUT2D eigenvalue weighted by Crippen LogP contribution is -2.23. The molecule has 1 aromatic heterocycles. The first kappa shape index (κ1) is 16.5. The molecule has 2 heterocycles. The normalized spacial score (nSPS) is 14.6. The molecule has 1 amide bonds. The van der Waals surface area contributed by atoms with Crippen molar-refractivity contribution in [3.63, 3.8) is 0 Å². The molecule has 0 N–H and O–H groups in total. The summed E-state index contributed by atoms with van der Waals surface area (Å²) in [5, 5.41) is 8.13. The van der Waals surface area contributed by atoms with Crippen molar-refractivity contribution >= 4 is 11.6 Å². The highest BCUT2D eigenvalue weighted by Gasteiger charge is 2.29. The number of amides is 1. The smallest absolute Gasteiger partial charge is 0.258 e. The third-order valence-electron chi connectivity index (χ3n) is 5.25. The van der Waals surface area contributed by atoms with Crippen LogP contribution in [0.2, 0.25) is 0 Å². The van der Waals surface area contributed by atoms with Crippen LogP contribution in [0.3, 0.4) is 0 Å². The van der Waals surface area contributed by atoms with Crippen LogP contribution in [0.4, 0.5) is 5.69 Å². The SMILES string of the molecule is Cc1cccc2c1CN(c1cccc([C@H](C)Cc3nncn3C)c1)C2=O. The predicted octanol–water partition coefficient (Wildman–Crippen LogP) is 3.63. The Labute approximate surface area is 153 Å². The molecule has 0 fully saturated rings. The molecule has 1 aliphatic rings. The van der Waals surface area contributed by atoms with Gasteiger partial charge in [0.25, 0.3) is 5.91 Å². The van der Waals surface area contributed by atoms with Crippen molar-refractivity contribution in [3.8, 4) is 0 Å². The first-order chi connectivity index (χ1) is 12.5. The molecule has 1 atom stereocenters. The molecule has 0 saturated heterocycles. The number of rotatable bonds is 4. The van der Waals surface area contributed by atoms with E-state index in [-0.39, 0.29) is 5.91 Å². The van der Waals surface area contributed by atoms with Crippen molar-refractivity contribution in [1.82, 2.24) is 14.8 Å². The first-order valence-electron chi connectivity index (χ1n) is 8.88. The maximum Gasteiger partial charge on any atom is 0.258 e. The van der Waals surface area contributed by atoms with Crippen LogP contribution in [0.15, 0.2) is 48.8 Å². The van der Waals surface area contributed by atoms with Gasteiger partial charge in [0, 0.05) is 24.7 Å². The summed E-state index contributed by atoms with van der Waals surface area (Å²) in [6.45, 7) is 4.88. The molecule has 3 aromatic rings. The van der Waals surface area contributed by atoms with Gasteiger partial charge in [-0.3, -0.25) is 4.79 Å². The zero-order valence-electron chi connectivity index (χ0n) is 15.3. The molecule has 1 aliphatic heterocycles. The number of fused-ring (bicyclic) bond motifs is 1. The molecule has 0 bridgehead atoms. The molecular formula is C21H22N4O. The molecular weight excluding hydrogens is 324 g/mol. The van der Waals surface area contributed by atoms with Gasteiger partial charge < -0.3 is 9.47 Å². The van der Waals surface area contributed by atoms with Gasteiger partial charge in [0.1, 0.15) is 12.2 Å². The second-order valence-electron chi connectivity index (χ2n) is 7.05. The van der Waals surface area contributed by atoms with Gasteiger partial charge in [-0.2, -0.15) is 0 Å². The monoisotopic (exact) mass is 346 g/mol. The zero-order valence-corrected chi connectivity index (χ0v) is 15.3. The summed E-state index contributed by atoms with van der Waals surface area (Å²) in [7, 11) is 1.96. The summed E-state index contributed by atoms with van der Waals surface area (Å²) >= 11 is 0. The van der Waals surface area contributed by atoms with Crippen LogP contribution in [-0.2, 0) is 20.0 Å². The van der Waals surface area contributed by atoms with Gasteiger partial charge in [-0.15, -0.1) is 10.2 Å². The number of anilines is 1. The van der Waals surface area contributed by atoms with E-state index in [1.165, 1.54) is 11.1 Å². The summed E-state index contributed by atoms with van der Waals surface area (Å²) < 4.78 is 1.95. The van der Waals surface area contributed by atoms with E-state index in [4.69, 9.17) is 0 Å². The lowest BCUT2D eigenvalue weighted by atomic mass is 9.97. The van der Waals surface area contributed by atoms with Crippen LogP contribution >= 0.6 is 0 Å². The van der Waals surface area contributed by atoms with Crippen LogP contribution in [0.25, 0.3) is 0 Å². The largest absolute Gasteiger partial charge is 0.321 e. The van der Waals surface area contributed by atoms with E-state index < -0.39 is 0 Å². The number of hydrogen-bond donors (Lipinski definition) is 0. The topological polar surface area (TPSA) is 51.0 Å². The fourth-order valence-electron chi connectivity index (χ4n) is 3.58. The Balaban J connectivity index is 1.60. The van der Waals surface area contributed by atoms with Crippen molar-refractivity contribution in [1.29, 1.82) is 0 Å². The number of carbonyl (C=O) groups is 1. The third kappa shape index (κ3) is 2.79. The summed E-state index contributed by atoms with van der Waals surface area (Å²) in [4.78, 5) is 14.7. The molecule has 0 unspecified atom stereocenters. The van der Waals surface area contributed by atoms with Crippen molar-refractivity contribution < 1.29 is 4.79 Å². The van der Waals surface area contributed by atoms with E-state index in [1.807, 2.05) is 40.8 Å². The Morgan fingerprint density at radius 2 is 2.00 bits per heavy atom. The van der Waals surface area contributed by atoms with Crippen LogP contribution in [0.5, 0.6) is 0 Å². The van der Waals surface area contributed by atoms with Gasteiger partial charge in [0.2, 0.25) is 0 Å². The summed E-state index contributed by atoms with van der Waals surface area (Å²) in [6, 6.07) is 14.2. The highest BCUT2D eigenvalue weighted by atomic mass is 16.2. The molecule has 0 aliphatic carbocycles. The minimum Gasteiger partial charge on any atom is -0.321 e. The fourth-order valence-corrected chi connectivity index (χ4v) is 3.58. The Bertz CT molecular complexity index is 976. The minimum absolute atomic E-state index is 0.0850. The minimum atomic E-state index is 0.0850. The van der Waals surface area contributed by atoms with Crippen LogP contribution in [0, 0.1) is 6.92 Å². The average molecular weight is 346 g/mol. The van der Waals surface area contributed by atoms with Crippen LogP contribution in [-0.4, -0.2) is 20.7 Å². The lowest BCUT2D eigenvalue weighted by molar-refractivity contribution is 0.0996. The average Bonchev–Trinajstić information content (AvgIpc) is 3.20. The third-order valence-corrected chi connectivity index (χ3v) is 5.25. The zero-order chi connectivity index (χ0) is 18.3. The van der Waals surface area contributed by atoms with E-state index in [0.29, 0.717) is 12.5 Å². The highest BCUT2D eigenvalue weighted by molar-refractivity contribution is 6.10. The van der Waals surface area contributed by atoms with E-state index in [9.17, 15) is 4.79 Å². The Hall–Kier alpha value is -2.95. The van der Waals surface area contributed by atoms with E-state index in [1.54, 1.807) is 6.33 Å². The number of aromatic nitrogens is 3. The number of hydrogen-bond acceptors (Lipinski definition) is 3. The predicted molar refractivity (Wildman–Crippen MR) is 101 cm³/mol. The van der Waals surface area contributed by atoms with Crippen molar-refractivity contribution in [3.05, 3.63) is 76.9 Å². The number of carbonyl (C=O) groups excluding carboxylic acids is 1. The van der Waals surface area contributed by atoms with Crippen LogP contribution < -0.4 is 4.90 Å². The summed E-state index contributed by atoms with van der Waals surface area (Å²) in [6.07, 6.45) is 2.54. The molecule has 5 nitrogen and oxygen atoms in total. The van der Waals surface area contributed by atoms with E-state index in [0.717, 1.165) is 29.1 Å². The van der Waals surface area contributed by atoms with Crippen molar-refractivity contribution in [2.45, 2.75) is 32.7 Å².